The van der Waals surface area contributed by atoms with Crippen LogP contribution in [-0.2, 0) is 4.79 Å². The standard InChI is InChI=1S/C15H14N4O4/c1-10(14(20)18-12-5-7-16-8-6-12)17-15(21)11-3-2-4-13(9-11)19(22)23/h2-10H,1H3,(H,17,21)(H,16,18,20). The number of amides is 2. The molecule has 2 rings (SSSR count). The van der Waals surface area contributed by atoms with E-state index in [-0.39, 0.29) is 11.3 Å². The summed E-state index contributed by atoms with van der Waals surface area (Å²) in [6.45, 7) is 1.52. The Morgan fingerprint density at radius 3 is 2.57 bits per heavy atom. The molecule has 0 spiro atoms. The normalized spacial score (nSPS) is 11.3. The van der Waals surface area contributed by atoms with Crippen LogP contribution in [0.5, 0.6) is 0 Å². The molecule has 0 saturated heterocycles. The SMILES string of the molecule is CC(NC(=O)c1cccc([N+](=O)[O-])c1)C(=O)Nc1ccncc1. The zero-order valence-electron chi connectivity index (χ0n) is 12.2. The number of rotatable bonds is 5. The molecule has 0 aliphatic rings. The number of nitro benzene ring substituents is 1. The molecule has 0 radical (unpaired) electrons. The first-order valence-corrected chi connectivity index (χ1v) is 6.73. The summed E-state index contributed by atoms with van der Waals surface area (Å²) in [5.74, 6) is -0.971. The maximum Gasteiger partial charge on any atom is 0.270 e. The van der Waals surface area contributed by atoms with Gasteiger partial charge in [0.05, 0.1) is 4.92 Å². The van der Waals surface area contributed by atoms with Crippen LogP contribution in [0.3, 0.4) is 0 Å². The molecule has 1 atom stereocenters. The van der Waals surface area contributed by atoms with Crippen LogP contribution in [-0.4, -0.2) is 27.8 Å². The number of hydrogen-bond acceptors (Lipinski definition) is 5. The second-order valence-corrected chi connectivity index (χ2v) is 4.73. The van der Waals surface area contributed by atoms with E-state index in [0.29, 0.717) is 5.69 Å². The molecular weight excluding hydrogens is 300 g/mol. The van der Waals surface area contributed by atoms with Crippen molar-refractivity contribution in [1.29, 1.82) is 0 Å². The van der Waals surface area contributed by atoms with Crippen LogP contribution in [0.15, 0.2) is 48.8 Å². The van der Waals surface area contributed by atoms with Crippen molar-refractivity contribution < 1.29 is 14.5 Å². The third kappa shape index (κ3) is 4.34. The number of nitrogens with zero attached hydrogens (tertiary/aromatic N) is 2. The summed E-state index contributed by atoms with van der Waals surface area (Å²) in [7, 11) is 0. The van der Waals surface area contributed by atoms with E-state index in [2.05, 4.69) is 15.6 Å². The van der Waals surface area contributed by atoms with Gasteiger partial charge < -0.3 is 10.6 Å². The van der Waals surface area contributed by atoms with Crippen molar-refractivity contribution in [2.24, 2.45) is 0 Å². The maximum absolute atomic E-state index is 12.1. The Bertz CT molecular complexity index is 733. The molecule has 1 aromatic heterocycles. The van der Waals surface area contributed by atoms with E-state index >= 15 is 0 Å². The molecule has 0 aliphatic heterocycles. The van der Waals surface area contributed by atoms with E-state index in [4.69, 9.17) is 0 Å². The molecule has 2 N–H and O–H groups in total. The van der Waals surface area contributed by atoms with Crippen molar-refractivity contribution in [3.8, 4) is 0 Å². The number of carbonyl (C=O) groups excluding carboxylic acids is 2. The number of non-ortho nitro benzene ring substituents is 1. The minimum absolute atomic E-state index is 0.114. The summed E-state index contributed by atoms with van der Waals surface area (Å²) in [6.07, 6.45) is 3.06. The molecule has 2 aromatic rings. The second kappa shape index (κ2) is 7.12. The fraction of sp³-hybridized carbons (Fsp3) is 0.133. The van der Waals surface area contributed by atoms with Gasteiger partial charge in [-0.3, -0.25) is 24.7 Å². The van der Waals surface area contributed by atoms with Gasteiger partial charge in [0.1, 0.15) is 6.04 Å². The Labute approximate surface area is 131 Å². The summed E-state index contributed by atoms with van der Waals surface area (Å²) in [5.41, 5.74) is 0.482. The molecule has 118 valence electrons. The number of anilines is 1. The lowest BCUT2D eigenvalue weighted by molar-refractivity contribution is -0.384. The summed E-state index contributed by atoms with van der Waals surface area (Å²) in [6, 6.07) is 7.72. The largest absolute Gasteiger partial charge is 0.341 e. The second-order valence-electron chi connectivity index (χ2n) is 4.73. The minimum atomic E-state index is -0.810. The van der Waals surface area contributed by atoms with Gasteiger partial charge in [0.2, 0.25) is 5.91 Å². The van der Waals surface area contributed by atoms with Gasteiger partial charge in [-0.25, -0.2) is 0 Å². The predicted molar refractivity (Wildman–Crippen MR) is 82.9 cm³/mol. The van der Waals surface area contributed by atoms with Crippen LogP contribution in [0.25, 0.3) is 0 Å². The molecule has 8 heteroatoms. The van der Waals surface area contributed by atoms with Crippen LogP contribution < -0.4 is 10.6 Å². The van der Waals surface area contributed by atoms with Gasteiger partial charge in [-0.05, 0) is 25.1 Å². The van der Waals surface area contributed by atoms with Gasteiger partial charge >= 0.3 is 0 Å². The summed E-state index contributed by atoms with van der Waals surface area (Å²) < 4.78 is 0. The highest BCUT2D eigenvalue weighted by molar-refractivity contribution is 6.01. The Hall–Kier alpha value is -3.29. The number of nitrogens with one attached hydrogen (secondary N) is 2. The number of aromatic nitrogens is 1. The highest BCUT2D eigenvalue weighted by atomic mass is 16.6. The molecule has 0 bridgehead atoms. The zero-order valence-corrected chi connectivity index (χ0v) is 12.2. The fourth-order valence-electron chi connectivity index (χ4n) is 1.79. The Morgan fingerprint density at radius 2 is 1.91 bits per heavy atom. The minimum Gasteiger partial charge on any atom is -0.341 e. The highest BCUT2D eigenvalue weighted by Gasteiger charge is 2.18. The van der Waals surface area contributed by atoms with Gasteiger partial charge in [-0.1, -0.05) is 6.07 Å². The van der Waals surface area contributed by atoms with Gasteiger partial charge in [-0.15, -0.1) is 0 Å². The summed E-state index contributed by atoms with van der Waals surface area (Å²) >= 11 is 0. The Balaban J connectivity index is 2.00. The van der Waals surface area contributed by atoms with E-state index in [1.807, 2.05) is 0 Å². The molecule has 8 nitrogen and oxygen atoms in total. The monoisotopic (exact) mass is 314 g/mol. The fourth-order valence-corrected chi connectivity index (χ4v) is 1.79. The van der Waals surface area contributed by atoms with E-state index in [1.54, 1.807) is 12.1 Å². The first kappa shape index (κ1) is 16.1. The third-order valence-corrected chi connectivity index (χ3v) is 3.01. The topological polar surface area (TPSA) is 114 Å². The molecule has 2 amide bonds. The number of carbonyl (C=O) groups is 2. The molecule has 0 saturated carbocycles. The van der Waals surface area contributed by atoms with Gasteiger partial charge in [-0.2, -0.15) is 0 Å². The lowest BCUT2D eigenvalue weighted by atomic mass is 10.1. The molecular formula is C15H14N4O4. The predicted octanol–water partition coefficient (Wildman–Crippen LogP) is 1.75. The molecule has 23 heavy (non-hydrogen) atoms. The van der Waals surface area contributed by atoms with E-state index in [0.717, 1.165) is 6.07 Å². The Kier molecular flexibility index (Phi) is 4.98. The van der Waals surface area contributed by atoms with Crippen LogP contribution in [0.2, 0.25) is 0 Å². The average molecular weight is 314 g/mol. The maximum atomic E-state index is 12.1. The smallest absolute Gasteiger partial charge is 0.270 e. The number of hydrogen-bond donors (Lipinski definition) is 2. The summed E-state index contributed by atoms with van der Waals surface area (Å²) in [5, 5.41) is 15.8. The third-order valence-electron chi connectivity index (χ3n) is 3.01. The molecule has 1 aromatic carbocycles. The van der Waals surface area contributed by atoms with E-state index in [9.17, 15) is 19.7 Å². The molecule has 1 heterocycles. The lowest BCUT2D eigenvalue weighted by Crippen LogP contribution is -2.41. The van der Waals surface area contributed by atoms with Crippen LogP contribution in [0.1, 0.15) is 17.3 Å². The van der Waals surface area contributed by atoms with Crippen molar-refractivity contribution in [2.45, 2.75) is 13.0 Å². The van der Waals surface area contributed by atoms with Crippen LogP contribution in [0, 0.1) is 10.1 Å². The van der Waals surface area contributed by atoms with Gasteiger partial charge in [0.15, 0.2) is 0 Å². The Morgan fingerprint density at radius 1 is 1.22 bits per heavy atom. The van der Waals surface area contributed by atoms with Crippen LogP contribution >= 0.6 is 0 Å². The van der Waals surface area contributed by atoms with E-state index < -0.39 is 22.8 Å². The van der Waals surface area contributed by atoms with Crippen molar-refractivity contribution in [2.75, 3.05) is 5.32 Å². The van der Waals surface area contributed by atoms with E-state index in [1.165, 1.54) is 37.5 Å². The number of pyridine rings is 1. The van der Waals surface area contributed by atoms with Crippen molar-refractivity contribution in [3.63, 3.8) is 0 Å². The molecule has 0 fully saturated rings. The number of nitro groups is 1. The first-order valence-electron chi connectivity index (χ1n) is 6.73. The van der Waals surface area contributed by atoms with Crippen molar-refractivity contribution in [3.05, 3.63) is 64.5 Å². The van der Waals surface area contributed by atoms with Crippen molar-refractivity contribution in [1.82, 2.24) is 10.3 Å². The number of benzene rings is 1. The highest BCUT2D eigenvalue weighted by Crippen LogP contribution is 2.13. The average Bonchev–Trinajstić information content (AvgIpc) is 2.55. The van der Waals surface area contributed by atoms with Crippen LogP contribution in [0.4, 0.5) is 11.4 Å². The zero-order chi connectivity index (χ0) is 16.8. The van der Waals surface area contributed by atoms with Crippen molar-refractivity contribution >= 4 is 23.2 Å². The van der Waals surface area contributed by atoms with Gasteiger partial charge in [0, 0.05) is 35.8 Å². The molecule has 0 aliphatic carbocycles. The first-order chi connectivity index (χ1) is 11.0. The quantitative estimate of drug-likeness (QED) is 0.644. The summed E-state index contributed by atoms with van der Waals surface area (Å²) in [4.78, 5) is 38.0. The van der Waals surface area contributed by atoms with Gasteiger partial charge in [0.25, 0.3) is 11.6 Å². The lowest BCUT2D eigenvalue weighted by Gasteiger charge is -2.14. The molecule has 1 unspecified atom stereocenters.